The predicted molar refractivity (Wildman–Crippen MR) is 84.0 cm³/mol. The van der Waals surface area contributed by atoms with Crippen LogP contribution >= 0.6 is 0 Å². The number of benzene rings is 1. The number of pyridine rings is 1. The first kappa shape index (κ1) is 14.4. The van der Waals surface area contributed by atoms with E-state index >= 15 is 0 Å². The van der Waals surface area contributed by atoms with Crippen LogP contribution in [0.5, 0.6) is 5.75 Å². The smallest absolute Gasteiger partial charge is 0.163 e. The van der Waals surface area contributed by atoms with E-state index in [1.54, 1.807) is 13.3 Å². The highest BCUT2D eigenvalue weighted by Gasteiger charge is 2.13. The Hall–Kier alpha value is -2.03. The van der Waals surface area contributed by atoms with Crippen LogP contribution in [0.15, 0.2) is 36.5 Å². The second-order valence-electron chi connectivity index (χ2n) is 5.93. The summed E-state index contributed by atoms with van der Waals surface area (Å²) in [6, 6.07) is 10.4. The van der Waals surface area contributed by atoms with Gasteiger partial charge in [-0.05, 0) is 36.1 Å². The number of ether oxygens (including phenoxy) is 1. The monoisotopic (exact) mass is 270 g/mol. The molecule has 2 aromatic rings. The van der Waals surface area contributed by atoms with Gasteiger partial charge in [-0.25, -0.2) is 0 Å². The van der Waals surface area contributed by atoms with Crippen molar-refractivity contribution in [3.8, 4) is 5.75 Å². The van der Waals surface area contributed by atoms with E-state index in [0.29, 0.717) is 0 Å². The van der Waals surface area contributed by atoms with Gasteiger partial charge in [0.2, 0.25) is 0 Å². The van der Waals surface area contributed by atoms with Gasteiger partial charge in [-0.2, -0.15) is 0 Å². The molecule has 1 N–H and O–H groups in total. The summed E-state index contributed by atoms with van der Waals surface area (Å²) in [7, 11) is 1.66. The highest BCUT2D eigenvalue weighted by molar-refractivity contribution is 5.67. The SMILES string of the molecule is COc1c(Nc2ccc(C(C)(C)C)cc2)ccnc1C. The molecule has 0 unspecified atom stereocenters. The lowest BCUT2D eigenvalue weighted by Gasteiger charge is -2.19. The number of hydrogen-bond acceptors (Lipinski definition) is 3. The fourth-order valence-corrected chi connectivity index (χ4v) is 2.12. The molecular weight excluding hydrogens is 248 g/mol. The molecule has 0 atom stereocenters. The van der Waals surface area contributed by atoms with Crippen molar-refractivity contribution < 1.29 is 4.74 Å². The molecule has 3 heteroatoms. The van der Waals surface area contributed by atoms with Crippen molar-refractivity contribution in [2.75, 3.05) is 12.4 Å². The third-order valence-corrected chi connectivity index (χ3v) is 3.32. The lowest BCUT2D eigenvalue weighted by molar-refractivity contribution is 0.411. The third-order valence-electron chi connectivity index (χ3n) is 3.32. The minimum absolute atomic E-state index is 0.170. The van der Waals surface area contributed by atoms with Crippen molar-refractivity contribution >= 4 is 11.4 Å². The molecule has 0 saturated heterocycles. The summed E-state index contributed by atoms with van der Waals surface area (Å²) >= 11 is 0. The van der Waals surface area contributed by atoms with Gasteiger partial charge < -0.3 is 10.1 Å². The number of aryl methyl sites for hydroxylation is 1. The third kappa shape index (κ3) is 3.10. The lowest BCUT2D eigenvalue weighted by Crippen LogP contribution is -2.10. The first-order valence-corrected chi connectivity index (χ1v) is 6.79. The molecule has 1 aromatic heterocycles. The number of nitrogens with zero attached hydrogens (tertiary/aromatic N) is 1. The van der Waals surface area contributed by atoms with Crippen LogP contribution < -0.4 is 10.1 Å². The Kier molecular flexibility index (Phi) is 3.98. The van der Waals surface area contributed by atoms with Crippen LogP contribution in [0, 0.1) is 6.92 Å². The molecule has 0 aliphatic heterocycles. The van der Waals surface area contributed by atoms with E-state index in [1.807, 2.05) is 13.0 Å². The average Bonchev–Trinajstić information content (AvgIpc) is 2.38. The topological polar surface area (TPSA) is 34.1 Å². The van der Waals surface area contributed by atoms with Crippen LogP contribution in [0.3, 0.4) is 0 Å². The summed E-state index contributed by atoms with van der Waals surface area (Å²) < 4.78 is 5.40. The van der Waals surface area contributed by atoms with Crippen molar-refractivity contribution in [1.29, 1.82) is 0 Å². The molecule has 0 aliphatic carbocycles. The van der Waals surface area contributed by atoms with E-state index in [9.17, 15) is 0 Å². The fourth-order valence-electron chi connectivity index (χ4n) is 2.12. The number of anilines is 2. The molecule has 1 heterocycles. The second-order valence-corrected chi connectivity index (χ2v) is 5.93. The Labute approximate surface area is 121 Å². The van der Waals surface area contributed by atoms with E-state index in [2.05, 4.69) is 55.3 Å². The van der Waals surface area contributed by atoms with Crippen LogP contribution in [0.1, 0.15) is 32.0 Å². The van der Waals surface area contributed by atoms with Crippen molar-refractivity contribution in [2.45, 2.75) is 33.1 Å². The fraction of sp³-hybridized carbons (Fsp3) is 0.353. The number of methoxy groups -OCH3 is 1. The molecule has 106 valence electrons. The number of nitrogens with one attached hydrogen (secondary N) is 1. The number of hydrogen-bond donors (Lipinski definition) is 1. The molecule has 2 rings (SSSR count). The van der Waals surface area contributed by atoms with Crippen LogP contribution in [0.25, 0.3) is 0 Å². The Bertz CT molecular complexity index is 583. The minimum atomic E-state index is 0.170. The van der Waals surface area contributed by atoms with E-state index in [1.165, 1.54) is 5.56 Å². The number of aromatic nitrogens is 1. The van der Waals surface area contributed by atoms with Crippen LogP contribution in [0.2, 0.25) is 0 Å². The summed E-state index contributed by atoms with van der Waals surface area (Å²) in [5, 5.41) is 3.38. The summed E-state index contributed by atoms with van der Waals surface area (Å²) in [4.78, 5) is 4.23. The largest absolute Gasteiger partial charge is 0.493 e. The van der Waals surface area contributed by atoms with Gasteiger partial charge in [0.25, 0.3) is 0 Å². The summed E-state index contributed by atoms with van der Waals surface area (Å²) in [6.45, 7) is 8.58. The molecule has 0 saturated carbocycles. The van der Waals surface area contributed by atoms with Crippen LogP contribution in [0.4, 0.5) is 11.4 Å². The van der Waals surface area contributed by atoms with Gasteiger partial charge in [-0.3, -0.25) is 4.98 Å². The summed E-state index contributed by atoms with van der Waals surface area (Å²) in [5.41, 5.74) is 4.35. The van der Waals surface area contributed by atoms with Crippen LogP contribution in [-0.4, -0.2) is 12.1 Å². The zero-order valence-electron chi connectivity index (χ0n) is 12.8. The quantitative estimate of drug-likeness (QED) is 0.895. The predicted octanol–water partition coefficient (Wildman–Crippen LogP) is 4.44. The molecule has 1 aromatic carbocycles. The van der Waals surface area contributed by atoms with Crippen molar-refractivity contribution in [2.24, 2.45) is 0 Å². The summed E-state index contributed by atoms with van der Waals surface area (Å²) in [6.07, 6.45) is 1.78. The standard InChI is InChI=1S/C17H22N2O/c1-12-16(20-5)15(10-11-18-12)19-14-8-6-13(7-9-14)17(2,3)4/h6-11H,1-5H3,(H,18,19). The Balaban J connectivity index is 2.25. The first-order valence-electron chi connectivity index (χ1n) is 6.79. The normalized spacial score (nSPS) is 11.2. The van der Waals surface area contributed by atoms with Gasteiger partial charge in [0.1, 0.15) is 0 Å². The molecule has 3 nitrogen and oxygen atoms in total. The average molecular weight is 270 g/mol. The van der Waals surface area contributed by atoms with Gasteiger partial charge in [0.15, 0.2) is 5.75 Å². The van der Waals surface area contributed by atoms with Gasteiger partial charge in [-0.1, -0.05) is 32.9 Å². The van der Waals surface area contributed by atoms with Crippen molar-refractivity contribution in [3.05, 3.63) is 47.8 Å². The van der Waals surface area contributed by atoms with E-state index in [4.69, 9.17) is 4.74 Å². The van der Waals surface area contributed by atoms with Gasteiger partial charge in [0, 0.05) is 11.9 Å². The van der Waals surface area contributed by atoms with Crippen molar-refractivity contribution in [3.63, 3.8) is 0 Å². The van der Waals surface area contributed by atoms with Crippen molar-refractivity contribution in [1.82, 2.24) is 4.98 Å². The highest BCUT2D eigenvalue weighted by Crippen LogP contribution is 2.30. The Morgan fingerprint density at radius 2 is 1.70 bits per heavy atom. The van der Waals surface area contributed by atoms with Gasteiger partial charge in [-0.15, -0.1) is 0 Å². The minimum Gasteiger partial charge on any atom is -0.493 e. The molecule has 0 amide bonds. The zero-order valence-corrected chi connectivity index (χ0v) is 12.8. The first-order chi connectivity index (χ1) is 9.41. The molecule has 0 radical (unpaired) electrons. The maximum atomic E-state index is 5.40. The maximum absolute atomic E-state index is 5.40. The summed E-state index contributed by atoms with van der Waals surface area (Å²) in [5.74, 6) is 0.785. The highest BCUT2D eigenvalue weighted by atomic mass is 16.5. The Morgan fingerprint density at radius 3 is 2.25 bits per heavy atom. The maximum Gasteiger partial charge on any atom is 0.163 e. The second kappa shape index (κ2) is 5.53. The zero-order chi connectivity index (χ0) is 14.8. The molecule has 0 spiro atoms. The molecule has 0 bridgehead atoms. The number of rotatable bonds is 3. The Morgan fingerprint density at radius 1 is 1.05 bits per heavy atom. The van der Waals surface area contributed by atoms with E-state index < -0.39 is 0 Å². The van der Waals surface area contributed by atoms with E-state index in [-0.39, 0.29) is 5.41 Å². The van der Waals surface area contributed by atoms with E-state index in [0.717, 1.165) is 22.8 Å². The molecule has 20 heavy (non-hydrogen) atoms. The molecular formula is C17H22N2O. The molecule has 0 fully saturated rings. The lowest BCUT2D eigenvalue weighted by atomic mass is 9.87. The van der Waals surface area contributed by atoms with Crippen LogP contribution in [-0.2, 0) is 5.41 Å². The molecule has 0 aliphatic rings. The van der Waals surface area contributed by atoms with Gasteiger partial charge in [0.05, 0.1) is 18.5 Å². The van der Waals surface area contributed by atoms with Gasteiger partial charge >= 0.3 is 0 Å².